The lowest BCUT2D eigenvalue weighted by Crippen LogP contribution is -2.05. The van der Waals surface area contributed by atoms with E-state index in [1.807, 2.05) is 6.20 Å². The van der Waals surface area contributed by atoms with Crippen molar-refractivity contribution in [2.24, 2.45) is 5.92 Å². The number of hydrogen-bond acceptors (Lipinski definition) is 2. The van der Waals surface area contributed by atoms with Gasteiger partial charge in [0.25, 0.3) is 0 Å². The molecule has 2 aromatic rings. The van der Waals surface area contributed by atoms with E-state index in [1.165, 1.54) is 42.7 Å². The van der Waals surface area contributed by atoms with E-state index in [0.29, 0.717) is 0 Å². The molecule has 1 heterocycles. The second-order valence-corrected chi connectivity index (χ2v) is 7.09. The Hall–Kier alpha value is -1.15. The fourth-order valence-electron chi connectivity index (χ4n) is 2.74. The summed E-state index contributed by atoms with van der Waals surface area (Å²) in [6, 6.07) is 10.8. The zero-order chi connectivity index (χ0) is 14.9. The van der Waals surface area contributed by atoms with Gasteiger partial charge in [-0.2, -0.15) is 0 Å². The minimum absolute atomic E-state index is 0.760. The van der Waals surface area contributed by atoms with Gasteiger partial charge in [0.1, 0.15) is 0 Å². The van der Waals surface area contributed by atoms with E-state index in [9.17, 15) is 0 Å². The molecule has 2 heteroatoms. The van der Waals surface area contributed by atoms with Crippen LogP contribution in [0, 0.1) is 11.8 Å². The third-order valence-electron chi connectivity index (χ3n) is 3.71. The van der Waals surface area contributed by atoms with Gasteiger partial charge >= 0.3 is 0 Å². The molecule has 0 amide bonds. The monoisotopic (exact) mass is 300 g/mol. The Kier molecular flexibility index (Phi) is 6.94. The highest BCUT2D eigenvalue weighted by molar-refractivity contribution is 7.09. The largest absolute Gasteiger partial charge is 0.250 e. The smallest absolute Gasteiger partial charge is 0.0924 e. The average molecular weight is 300 g/mol. The van der Waals surface area contributed by atoms with Crippen molar-refractivity contribution in [1.29, 1.82) is 0 Å². The van der Waals surface area contributed by atoms with Crippen molar-refractivity contribution in [3.63, 3.8) is 0 Å². The minimum Gasteiger partial charge on any atom is -0.250 e. The van der Waals surface area contributed by atoms with E-state index in [0.717, 1.165) is 12.3 Å². The number of aryl methyl sites for hydroxylation is 2. The molecule has 0 saturated heterocycles. The molecule has 0 unspecified atom stereocenters. The Balaban J connectivity index is 1.76. The summed E-state index contributed by atoms with van der Waals surface area (Å²) < 4.78 is 0. The standard InChI is InChI=1S/C19H26NS/c1-16(2)15-18(9-6-10-19-20-13-14-21-19)12-11-17-7-4-3-5-8-17/h3-5,7-8,13-14,16H,6,9-12,15H2,1-2H3. The summed E-state index contributed by atoms with van der Waals surface area (Å²) in [6.07, 6.45) is 9.22. The van der Waals surface area contributed by atoms with Gasteiger partial charge in [0.2, 0.25) is 0 Å². The van der Waals surface area contributed by atoms with Crippen LogP contribution in [0.15, 0.2) is 41.9 Å². The molecule has 1 radical (unpaired) electrons. The quantitative estimate of drug-likeness (QED) is 0.577. The molecule has 0 fully saturated rings. The molecule has 0 N–H and O–H groups in total. The molecule has 0 aliphatic heterocycles. The van der Waals surface area contributed by atoms with Crippen LogP contribution in [0.5, 0.6) is 0 Å². The van der Waals surface area contributed by atoms with E-state index in [2.05, 4.69) is 54.5 Å². The molecule has 0 spiro atoms. The molecule has 0 aliphatic carbocycles. The molecule has 0 saturated carbocycles. The highest BCUT2D eigenvalue weighted by Gasteiger charge is 2.12. The molecular weight excluding hydrogens is 274 g/mol. The highest BCUT2D eigenvalue weighted by Crippen LogP contribution is 2.26. The maximum absolute atomic E-state index is 4.38. The maximum atomic E-state index is 4.38. The summed E-state index contributed by atoms with van der Waals surface area (Å²) in [5.74, 6) is 2.49. The van der Waals surface area contributed by atoms with Crippen LogP contribution in [0.2, 0.25) is 0 Å². The lowest BCUT2D eigenvalue weighted by molar-refractivity contribution is 0.526. The Morgan fingerprint density at radius 2 is 1.90 bits per heavy atom. The first-order valence-electron chi connectivity index (χ1n) is 8.00. The third kappa shape index (κ3) is 6.43. The van der Waals surface area contributed by atoms with Gasteiger partial charge in [0.05, 0.1) is 5.01 Å². The fraction of sp³-hybridized carbons (Fsp3) is 0.474. The lowest BCUT2D eigenvalue weighted by atomic mass is 9.87. The van der Waals surface area contributed by atoms with Crippen molar-refractivity contribution in [3.05, 3.63) is 58.4 Å². The average Bonchev–Trinajstić information content (AvgIpc) is 2.98. The normalized spacial score (nSPS) is 11.4. The van der Waals surface area contributed by atoms with E-state index >= 15 is 0 Å². The van der Waals surface area contributed by atoms with Gasteiger partial charge in [-0.3, -0.25) is 0 Å². The van der Waals surface area contributed by atoms with Crippen LogP contribution in [-0.2, 0) is 12.8 Å². The first kappa shape index (κ1) is 16.2. The zero-order valence-electron chi connectivity index (χ0n) is 13.2. The minimum atomic E-state index is 0.760. The number of aromatic nitrogens is 1. The van der Waals surface area contributed by atoms with Gasteiger partial charge < -0.3 is 0 Å². The van der Waals surface area contributed by atoms with Crippen molar-refractivity contribution in [2.75, 3.05) is 0 Å². The van der Waals surface area contributed by atoms with E-state index in [4.69, 9.17) is 0 Å². The molecule has 0 atom stereocenters. The maximum Gasteiger partial charge on any atom is 0.0924 e. The highest BCUT2D eigenvalue weighted by atomic mass is 32.1. The molecule has 113 valence electrons. The second-order valence-electron chi connectivity index (χ2n) is 6.11. The molecule has 0 bridgehead atoms. The van der Waals surface area contributed by atoms with Crippen molar-refractivity contribution < 1.29 is 0 Å². The van der Waals surface area contributed by atoms with Gasteiger partial charge in [0, 0.05) is 11.6 Å². The number of thiazole rings is 1. The molecule has 2 rings (SSSR count). The number of benzene rings is 1. The van der Waals surface area contributed by atoms with Crippen molar-refractivity contribution in [3.8, 4) is 0 Å². The molecule has 21 heavy (non-hydrogen) atoms. The van der Waals surface area contributed by atoms with E-state index in [1.54, 1.807) is 17.3 Å². The second kappa shape index (κ2) is 8.99. The Morgan fingerprint density at radius 3 is 2.57 bits per heavy atom. The molecule has 1 aromatic carbocycles. The summed E-state index contributed by atoms with van der Waals surface area (Å²) in [7, 11) is 0. The van der Waals surface area contributed by atoms with Crippen LogP contribution in [0.1, 0.15) is 50.1 Å². The van der Waals surface area contributed by atoms with Gasteiger partial charge in [-0.1, -0.05) is 44.2 Å². The first-order chi connectivity index (χ1) is 10.2. The van der Waals surface area contributed by atoms with Gasteiger partial charge in [-0.15, -0.1) is 11.3 Å². The predicted molar refractivity (Wildman–Crippen MR) is 92.5 cm³/mol. The Morgan fingerprint density at radius 1 is 1.10 bits per heavy atom. The summed E-state index contributed by atoms with van der Waals surface area (Å²) in [4.78, 5) is 4.38. The predicted octanol–water partition coefficient (Wildman–Crippen LogP) is 5.72. The van der Waals surface area contributed by atoms with Crippen molar-refractivity contribution >= 4 is 11.3 Å². The van der Waals surface area contributed by atoms with Crippen LogP contribution >= 0.6 is 11.3 Å². The Labute approximate surface area is 133 Å². The molecule has 0 aliphatic rings. The molecular formula is C19H26NS. The van der Waals surface area contributed by atoms with Crippen LogP contribution in [0.4, 0.5) is 0 Å². The van der Waals surface area contributed by atoms with Crippen LogP contribution in [0.25, 0.3) is 0 Å². The Bertz CT molecular complexity index is 476. The third-order valence-corrected chi connectivity index (χ3v) is 4.55. The SMILES string of the molecule is CC(C)C[C](CCCc1nccs1)CCc1ccccc1. The first-order valence-corrected chi connectivity index (χ1v) is 8.88. The number of nitrogens with zero attached hydrogens (tertiary/aromatic N) is 1. The summed E-state index contributed by atoms with van der Waals surface area (Å²) in [5.41, 5.74) is 1.46. The number of rotatable bonds is 9. The summed E-state index contributed by atoms with van der Waals surface area (Å²) in [5, 5.41) is 3.35. The van der Waals surface area contributed by atoms with Crippen LogP contribution in [0.3, 0.4) is 0 Å². The van der Waals surface area contributed by atoms with Gasteiger partial charge in [-0.25, -0.2) is 4.98 Å². The number of hydrogen-bond donors (Lipinski definition) is 0. The van der Waals surface area contributed by atoms with Crippen molar-refractivity contribution in [2.45, 2.75) is 52.4 Å². The zero-order valence-corrected chi connectivity index (χ0v) is 14.0. The summed E-state index contributed by atoms with van der Waals surface area (Å²) >= 11 is 1.78. The van der Waals surface area contributed by atoms with E-state index in [-0.39, 0.29) is 0 Å². The van der Waals surface area contributed by atoms with E-state index < -0.39 is 0 Å². The van der Waals surface area contributed by atoms with Crippen LogP contribution < -0.4 is 0 Å². The van der Waals surface area contributed by atoms with Gasteiger partial charge in [0.15, 0.2) is 0 Å². The molecule has 1 aromatic heterocycles. The fourth-order valence-corrected chi connectivity index (χ4v) is 3.40. The topological polar surface area (TPSA) is 12.9 Å². The lowest BCUT2D eigenvalue weighted by Gasteiger charge is -2.18. The van der Waals surface area contributed by atoms with Crippen LogP contribution in [-0.4, -0.2) is 4.98 Å². The van der Waals surface area contributed by atoms with Gasteiger partial charge in [-0.05, 0) is 55.9 Å². The molecule has 1 nitrogen and oxygen atoms in total. The summed E-state index contributed by atoms with van der Waals surface area (Å²) in [6.45, 7) is 4.65. The van der Waals surface area contributed by atoms with Crippen molar-refractivity contribution in [1.82, 2.24) is 4.98 Å².